The third-order valence-electron chi connectivity index (χ3n) is 6.62. The van der Waals surface area contributed by atoms with Crippen LogP contribution in [0.5, 0.6) is 0 Å². The number of carbonyl (C=O) groups is 1. The normalized spacial score (nSPS) is 19.9. The van der Waals surface area contributed by atoms with Crippen LogP contribution in [-0.2, 0) is 17.7 Å². The summed E-state index contributed by atoms with van der Waals surface area (Å²) in [7, 11) is 0. The van der Waals surface area contributed by atoms with Crippen molar-refractivity contribution >= 4 is 12.0 Å². The van der Waals surface area contributed by atoms with Gasteiger partial charge >= 0.3 is 17.9 Å². The van der Waals surface area contributed by atoms with E-state index in [4.69, 9.17) is 5.73 Å². The number of hydrogen-bond acceptors (Lipinski definition) is 5. The molecule has 1 saturated carbocycles. The van der Waals surface area contributed by atoms with Gasteiger partial charge in [-0.25, -0.2) is 9.78 Å². The first-order valence-corrected chi connectivity index (χ1v) is 11.3. The van der Waals surface area contributed by atoms with Gasteiger partial charge in [-0.3, -0.25) is 9.36 Å². The SMILES string of the molecule is Nc1nc2c(c(=O)n1C(c1ccccc1)c1ccccc1)CCN(C(=O)OC1CC(F)(F)C1(F)F)C2. The van der Waals surface area contributed by atoms with Gasteiger partial charge in [-0.1, -0.05) is 60.7 Å². The second kappa shape index (κ2) is 8.65. The number of benzene rings is 2. The number of alkyl halides is 4. The number of rotatable bonds is 4. The Bertz CT molecular complexity index is 1310. The average Bonchev–Trinajstić information content (AvgIpc) is 2.86. The molecule has 11 heteroatoms. The highest BCUT2D eigenvalue weighted by Crippen LogP contribution is 2.52. The first kappa shape index (κ1) is 23.8. The molecule has 188 valence electrons. The molecule has 3 aromatic rings. The van der Waals surface area contributed by atoms with Crippen LogP contribution in [0.4, 0.5) is 28.3 Å². The summed E-state index contributed by atoms with van der Waals surface area (Å²) in [6.45, 7) is -0.243. The highest BCUT2D eigenvalue weighted by molar-refractivity contribution is 5.68. The Balaban J connectivity index is 1.44. The summed E-state index contributed by atoms with van der Waals surface area (Å²) in [5.74, 6) is -8.71. The van der Waals surface area contributed by atoms with Crippen LogP contribution in [-0.4, -0.2) is 45.0 Å². The predicted molar refractivity (Wildman–Crippen MR) is 122 cm³/mol. The summed E-state index contributed by atoms with van der Waals surface area (Å²) in [6.07, 6.45) is -4.54. The number of nitrogens with two attached hydrogens (primary N) is 1. The molecule has 1 aromatic heterocycles. The molecule has 2 aromatic carbocycles. The molecule has 0 radical (unpaired) electrons. The molecule has 0 spiro atoms. The number of fused-ring (bicyclic) bond motifs is 1. The summed E-state index contributed by atoms with van der Waals surface area (Å²) in [5, 5.41) is 0. The molecule has 5 rings (SSSR count). The first-order chi connectivity index (χ1) is 17.1. The first-order valence-electron chi connectivity index (χ1n) is 11.3. The fraction of sp³-hybridized carbons (Fsp3) is 0.320. The van der Waals surface area contributed by atoms with E-state index in [9.17, 15) is 27.2 Å². The van der Waals surface area contributed by atoms with Crippen molar-refractivity contribution in [3.05, 3.63) is 93.4 Å². The summed E-state index contributed by atoms with van der Waals surface area (Å²) < 4.78 is 59.3. The Hall–Kier alpha value is -3.89. The average molecular weight is 502 g/mol. The van der Waals surface area contributed by atoms with E-state index in [0.717, 1.165) is 16.0 Å². The number of amides is 1. The van der Waals surface area contributed by atoms with Crippen molar-refractivity contribution in [2.24, 2.45) is 0 Å². The highest BCUT2D eigenvalue weighted by Gasteiger charge is 2.74. The smallest absolute Gasteiger partial charge is 0.410 e. The summed E-state index contributed by atoms with van der Waals surface area (Å²) >= 11 is 0. The van der Waals surface area contributed by atoms with E-state index < -0.39 is 36.5 Å². The predicted octanol–water partition coefficient (Wildman–Crippen LogP) is 4.00. The molecule has 36 heavy (non-hydrogen) atoms. The Kier molecular flexibility index (Phi) is 5.73. The Morgan fingerprint density at radius 2 is 1.61 bits per heavy atom. The van der Waals surface area contributed by atoms with Crippen LogP contribution in [0.1, 0.15) is 34.8 Å². The Morgan fingerprint density at radius 1 is 1.03 bits per heavy atom. The van der Waals surface area contributed by atoms with Gasteiger partial charge in [0.1, 0.15) is 0 Å². The zero-order valence-electron chi connectivity index (χ0n) is 18.9. The summed E-state index contributed by atoms with van der Waals surface area (Å²) in [5.41, 5.74) is 8.06. The van der Waals surface area contributed by atoms with Crippen LogP contribution < -0.4 is 11.3 Å². The second-order valence-corrected chi connectivity index (χ2v) is 8.87. The van der Waals surface area contributed by atoms with E-state index in [1.54, 1.807) is 0 Å². The molecule has 1 amide bonds. The molecule has 1 atom stereocenters. The summed E-state index contributed by atoms with van der Waals surface area (Å²) in [4.78, 5) is 31.4. The lowest BCUT2D eigenvalue weighted by molar-refractivity contribution is -0.330. The van der Waals surface area contributed by atoms with Gasteiger partial charge in [-0.05, 0) is 17.5 Å². The number of ether oxygens (including phenoxy) is 1. The fourth-order valence-electron chi connectivity index (χ4n) is 4.60. The molecule has 1 unspecified atom stereocenters. The van der Waals surface area contributed by atoms with Crippen LogP contribution in [0.25, 0.3) is 0 Å². The Labute approximate surface area is 203 Å². The van der Waals surface area contributed by atoms with E-state index in [1.807, 2.05) is 60.7 Å². The van der Waals surface area contributed by atoms with Crippen LogP contribution in [0.3, 0.4) is 0 Å². The summed E-state index contributed by atoms with van der Waals surface area (Å²) in [6, 6.07) is 18.1. The fourth-order valence-corrected chi connectivity index (χ4v) is 4.60. The van der Waals surface area contributed by atoms with Crippen molar-refractivity contribution in [1.29, 1.82) is 0 Å². The third-order valence-corrected chi connectivity index (χ3v) is 6.62. The number of carbonyl (C=O) groups excluding carboxylic acids is 1. The van der Waals surface area contributed by atoms with Gasteiger partial charge in [0.2, 0.25) is 5.95 Å². The number of nitrogen functional groups attached to an aromatic ring is 1. The van der Waals surface area contributed by atoms with Gasteiger partial charge in [-0.15, -0.1) is 0 Å². The molecule has 2 aliphatic rings. The van der Waals surface area contributed by atoms with E-state index in [-0.39, 0.29) is 36.7 Å². The number of anilines is 1. The van der Waals surface area contributed by atoms with E-state index >= 15 is 0 Å². The molecule has 1 aliphatic carbocycles. The maximum absolute atomic E-state index is 13.6. The molecule has 0 saturated heterocycles. The number of halogens is 4. The van der Waals surface area contributed by atoms with Gasteiger partial charge in [0.05, 0.1) is 24.7 Å². The lowest BCUT2D eigenvalue weighted by Gasteiger charge is -2.43. The van der Waals surface area contributed by atoms with Crippen molar-refractivity contribution in [2.45, 2.75) is 43.4 Å². The van der Waals surface area contributed by atoms with Gasteiger partial charge in [-0.2, -0.15) is 17.6 Å². The van der Waals surface area contributed by atoms with Crippen LogP contribution in [0.15, 0.2) is 65.5 Å². The zero-order valence-corrected chi connectivity index (χ0v) is 18.9. The van der Waals surface area contributed by atoms with E-state index in [0.29, 0.717) is 5.56 Å². The van der Waals surface area contributed by atoms with Crippen molar-refractivity contribution in [1.82, 2.24) is 14.5 Å². The second-order valence-electron chi connectivity index (χ2n) is 8.87. The van der Waals surface area contributed by atoms with Gasteiger partial charge in [0.25, 0.3) is 5.56 Å². The minimum Gasteiger partial charge on any atom is -0.439 e. The third kappa shape index (κ3) is 3.88. The topological polar surface area (TPSA) is 90.5 Å². The number of hydrogen-bond donors (Lipinski definition) is 1. The molecule has 1 aliphatic heterocycles. The van der Waals surface area contributed by atoms with E-state index in [1.165, 1.54) is 4.57 Å². The standard InChI is InChI=1S/C25H22F4N4O3/c26-24(27)13-19(25(24,28)29)36-23(35)32-12-11-17-18(14-32)31-22(30)33(21(17)34)20(15-7-3-1-4-8-15)16-9-5-2-6-10-16/h1-10,19-20H,11-14H2,(H2,30,31). The number of nitrogens with zero attached hydrogens (tertiary/aromatic N) is 3. The lowest BCUT2D eigenvalue weighted by atomic mass is 9.85. The highest BCUT2D eigenvalue weighted by atomic mass is 19.3. The molecule has 7 nitrogen and oxygen atoms in total. The van der Waals surface area contributed by atoms with Crippen molar-refractivity contribution in [2.75, 3.05) is 12.3 Å². The maximum atomic E-state index is 13.6. The molecule has 2 N–H and O–H groups in total. The molecular formula is C25H22F4N4O3. The molecular weight excluding hydrogens is 480 g/mol. The van der Waals surface area contributed by atoms with Crippen molar-refractivity contribution in [3.63, 3.8) is 0 Å². The quantitative estimate of drug-likeness (QED) is 0.545. The maximum Gasteiger partial charge on any atom is 0.410 e. The van der Waals surface area contributed by atoms with Crippen LogP contribution >= 0.6 is 0 Å². The van der Waals surface area contributed by atoms with E-state index in [2.05, 4.69) is 9.72 Å². The minimum absolute atomic E-state index is 0.0251. The molecule has 2 heterocycles. The lowest BCUT2D eigenvalue weighted by Crippen LogP contribution is -2.64. The zero-order chi connectivity index (χ0) is 25.7. The van der Waals surface area contributed by atoms with Crippen LogP contribution in [0, 0.1) is 0 Å². The van der Waals surface area contributed by atoms with Gasteiger partial charge in [0, 0.05) is 12.1 Å². The van der Waals surface area contributed by atoms with Crippen molar-refractivity contribution in [3.8, 4) is 0 Å². The van der Waals surface area contributed by atoms with Gasteiger partial charge in [0.15, 0.2) is 6.10 Å². The molecule has 1 fully saturated rings. The van der Waals surface area contributed by atoms with Crippen molar-refractivity contribution < 1.29 is 27.1 Å². The van der Waals surface area contributed by atoms with Gasteiger partial charge < -0.3 is 15.4 Å². The molecule has 0 bridgehead atoms. The monoisotopic (exact) mass is 502 g/mol. The largest absolute Gasteiger partial charge is 0.439 e. The van der Waals surface area contributed by atoms with Crippen LogP contribution in [0.2, 0.25) is 0 Å². The minimum atomic E-state index is -4.42. The number of aromatic nitrogens is 2. The Morgan fingerprint density at radius 3 is 2.14 bits per heavy atom.